The van der Waals surface area contributed by atoms with E-state index in [2.05, 4.69) is 0 Å². The van der Waals surface area contributed by atoms with Crippen molar-refractivity contribution in [3.63, 3.8) is 0 Å². The molecule has 2 heterocycles. The molecule has 1 amide bonds. The molecule has 26 heavy (non-hydrogen) atoms. The highest BCUT2D eigenvalue weighted by molar-refractivity contribution is 5.99. The van der Waals surface area contributed by atoms with Gasteiger partial charge in [-0.15, -0.1) is 0 Å². The molecule has 0 spiro atoms. The summed E-state index contributed by atoms with van der Waals surface area (Å²) in [6, 6.07) is 13.4. The highest BCUT2D eigenvalue weighted by Crippen LogP contribution is 2.38. The van der Waals surface area contributed by atoms with E-state index in [1.54, 1.807) is 43.5 Å². The van der Waals surface area contributed by atoms with Crippen LogP contribution in [-0.2, 0) is 0 Å². The van der Waals surface area contributed by atoms with Gasteiger partial charge in [0.2, 0.25) is 5.76 Å². The lowest BCUT2D eigenvalue weighted by Crippen LogP contribution is -2.32. The fourth-order valence-corrected chi connectivity index (χ4v) is 3.44. The van der Waals surface area contributed by atoms with Crippen LogP contribution < -0.4 is 10.2 Å². The van der Waals surface area contributed by atoms with E-state index in [1.807, 2.05) is 12.1 Å². The quantitative estimate of drug-likeness (QED) is 0.780. The van der Waals surface area contributed by atoms with Crippen LogP contribution in [0.4, 0.5) is 0 Å². The summed E-state index contributed by atoms with van der Waals surface area (Å²) in [4.78, 5) is 27.4. The summed E-state index contributed by atoms with van der Waals surface area (Å²) in [5, 5.41) is 9.84. The first-order valence-corrected chi connectivity index (χ1v) is 8.27. The summed E-state index contributed by atoms with van der Waals surface area (Å²) in [7, 11) is 1.57. The minimum absolute atomic E-state index is 0.0444. The van der Waals surface area contributed by atoms with Crippen LogP contribution in [0.2, 0.25) is 0 Å². The highest BCUT2D eigenvalue weighted by atomic mass is 16.5. The number of amides is 1. The van der Waals surface area contributed by atoms with E-state index < -0.39 is 11.9 Å². The van der Waals surface area contributed by atoms with Gasteiger partial charge >= 0.3 is 0 Å². The summed E-state index contributed by atoms with van der Waals surface area (Å²) >= 11 is 0. The minimum Gasteiger partial charge on any atom is -0.497 e. The number of benzene rings is 2. The topological polar surface area (TPSA) is 80.0 Å². The fraction of sp³-hybridized carbons (Fsp3) is 0.200. The van der Waals surface area contributed by atoms with Crippen LogP contribution in [0.15, 0.2) is 57.7 Å². The molecule has 132 valence electrons. The third-order valence-corrected chi connectivity index (χ3v) is 4.65. The number of rotatable bonds is 4. The van der Waals surface area contributed by atoms with E-state index in [4.69, 9.17) is 9.15 Å². The van der Waals surface area contributed by atoms with Crippen LogP contribution >= 0.6 is 0 Å². The van der Waals surface area contributed by atoms with Crippen molar-refractivity contribution in [3.05, 3.63) is 75.6 Å². The van der Waals surface area contributed by atoms with Crippen LogP contribution in [0.1, 0.15) is 27.7 Å². The number of aliphatic hydroxyl groups excluding tert-OH is 1. The molecular formula is C20H17NO5. The van der Waals surface area contributed by atoms with E-state index in [9.17, 15) is 14.7 Å². The number of methoxy groups -OCH3 is 1. The van der Waals surface area contributed by atoms with Crippen molar-refractivity contribution in [2.24, 2.45) is 0 Å². The number of aliphatic hydroxyl groups is 1. The molecule has 3 aromatic rings. The first-order chi connectivity index (χ1) is 12.7. The molecular weight excluding hydrogens is 334 g/mol. The summed E-state index contributed by atoms with van der Waals surface area (Å²) in [6.45, 7) is -0.102. The van der Waals surface area contributed by atoms with Crippen LogP contribution in [0.25, 0.3) is 11.0 Å². The van der Waals surface area contributed by atoms with Gasteiger partial charge in [-0.05, 0) is 29.8 Å². The monoisotopic (exact) mass is 351 g/mol. The second-order valence-corrected chi connectivity index (χ2v) is 6.07. The zero-order chi connectivity index (χ0) is 18.3. The number of fused-ring (bicyclic) bond motifs is 2. The van der Waals surface area contributed by atoms with Gasteiger partial charge in [0.1, 0.15) is 11.3 Å². The number of hydrogen-bond donors (Lipinski definition) is 1. The summed E-state index contributed by atoms with van der Waals surface area (Å²) < 4.78 is 11.0. The third-order valence-electron chi connectivity index (χ3n) is 4.65. The van der Waals surface area contributed by atoms with Gasteiger partial charge in [-0.3, -0.25) is 9.59 Å². The van der Waals surface area contributed by atoms with Gasteiger partial charge in [0.25, 0.3) is 5.91 Å². The van der Waals surface area contributed by atoms with Crippen molar-refractivity contribution in [2.45, 2.75) is 6.04 Å². The Bertz CT molecular complexity index is 1040. The van der Waals surface area contributed by atoms with Gasteiger partial charge < -0.3 is 19.2 Å². The predicted octanol–water partition coefficient (Wildman–Crippen LogP) is 2.34. The second kappa shape index (κ2) is 6.31. The number of β-amino-alcohol motifs (C(OH)–C–C–N with tert-alkyl or cyclic N) is 1. The molecule has 0 bridgehead atoms. The standard InChI is InChI=1S/C20H17NO5/c1-25-13-8-6-12(7-9-13)17-16-18(23)14-4-2-3-5-15(14)26-19(16)20(24)21(17)10-11-22/h2-9,17,22H,10-11H2,1H3. The van der Waals surface area contributed by atoms with Crippen molar-refractivity contribution >= 4 is 16.9 Å². The van der Waals surface area contributed by atoms with Crippen molar-refractivity contribution in [1.29, 1.82) is 0 Å². The van der Waals surface area contributed by atoms with E-state index in [1.165, 1.54) is 4.90 Å². The van der Waals surface area contributed by atoms with Crippen LogP contribution in [0, 0.1) is 0 Å². The molecule has 1 aliphatic rings. The lowest BCUT2D eigenvalue weighted by Gasteiger charge is -2.24. The van der Waals surface area contributed by atoms with Crippen LogP contribution in [-0.4, -0.2) is 36.2 Å². The number of ether oxygens (including phenoxy) is 1. The van der Waals surface area contributed by atoms with Gasteiger partial charge in [0.05, 0.1) is 30.7 Å². The number of para-hydroxylation sites is 1. The zero-order valence-corrected chi connectivity index (χ0v) is 14.1. The Morgan fingerprint density at radius 3 is 2.54 bits per heavy atom. The van der Waals surface area contributed by atoms with Gasteiger partial charge in [0, 0.05) is 6.54 Å². The Kier molecular flexibility index (Phi) is 3.97. The highest BCUT2D eigenvalue weighted by Gasteiger charge is 2.42. The van der Waals surface area contributed by atoms with Crippen molar-refractivity contribution in [1.82, 2.24) is 4.90 Å². The Morgan fingerprint density at radius 2 is 1.85 bits per heavy atom. The second-order valence-electron chi connectivity index (χ2n) is 6.07. The molecule has 6 heteroatoms. The number of carbonyl (C=O) groups is 1. The molecule has 0 saturated heterocycles. The van der Waals surface area contributed by atoms with Gasteiger partial charge in [-0.1, -0.05) is 24.3 Å². The molecule has 1 aromatic heterocycles. The molecule has 0 fully saturated rings. The number of nitrogens with zero attached hydrogens (tertiary/aromatic N) is 1. The van der Waals surface area contributed by atoms with Crippen LogP contribution in [0.3, 0.4) is 0 Å². The smallest absolute Gasteiger partial charge is 0.290 e. The molecule has 4 rings (SSSR count). The fourth-order valence-electron chi connectivity index (χ4n) is 3.44. The molecule has 1 aliphatic heterocycles. The average molecular weight is 351 g/mol. The molecule has 0 aliphatic carbocycles. The normalized spacial score (nSPS) is 16.2. The maximum Gasteiger partial charge on any atom is 0.290 e. The predicted molar refractivity (Wildman–Crippen MR) is 95.4 cm³/mol. The minimum atomic E-state index is -0.601. The number of carbonyl (C=O) groups excluding carboxylic acids is 1. The van der Waals surface area contributed by atoms with E-state index in [0.717, 1.165) is 5.56 Å². The first kappa shape index (κ1) is 16.4. The molecule has 0 radical (unpaired) electrons. The summed E-state index contributed by atoms with van der Waals surface area (Å²) in [5.41, 5.74) is 1.22. The molecule has 1 atom stereocenters. The van der Waals surface area contributed by atoms with Gasteiger partial charge in [-0.25, -0.2) is 0 Å². The maximum atomic E-state index is 13.1. The molecule has 1 unspecified atom stereocenters. The van der Waals surface area contributed by atoms with Crippen molar-refractivity contribution in [2.75, 3.05) is 20.3 Å². The summed E-state index contributed by atoms with van der Waals surface area (Å²) in [6.07, 6.45) is 0. The van der Waals surface area contributed by atoms with Crippen LogP contribution in [0.5, 0.6) is 5.75 Å². The Morgan fingerprint density at radius 1 is 1.12 bits per heavy atom. The Balaban J connectivity index is 1.96. The van der Waals surface area contributed by atoms with Gasteiger partial charge in [-0.2, -0.15) is 0 Å². The Labute approximate surface area is 149 Å². The van der Waals surface area contributed by atoms with E-state index in [-0.39, 0.29) is 24.3 Å². The van der Waals surface area contributed by atoms with E-state index in [0.29, 0.717) is 22.3 Å². The molecule has 1 N–H and O–H groups in total. The zero-order valence-electron chi connectivity index (χ0n) is 14.1. The average Bonchev–Trinajstić information content (AvgIpc) is 2.95. The largest absolute Gasteiger partial charge is 0.497 e. The lowest BCUT2D eigenvalue weighted by molar-refractivity contribution is 0.0691. The van der Waals surface area contributed by atoms with E-state index >= 15 is 0 Å². The van der Waals surface area contributed by atoms with Gasteiger partial charge in [0.15, 0.2) is 5.43 Å². The molecule has 0 saturated carbocycles. The Hall–Kier alpha value is -3.12. The lowest BCUT2D eigenvalue weighted by atomic mass is 9.98. The first-order valence-electron chi connectivity index (χ1n) is 8.27. The number of hydrogen-bond acceptors (Lipinski definition) is 5. The van der Waals surface area contributed by atoms with Crippen molar-refractivity contribution < 1.29 is 19.1 Å². The molecule has 6 nitrogen and oxygen atoms in total. The third kappa shape index (κ3) is 2.38. The summed E-state index contributed by atoms with van der Waals surface area (Å²) in [5.74, 6) is 0.332. The molecule has 2 aromatic carbocycles. The van der Waals surface area contributed by atoms with Crippen molar-refractivity contribution in [3.8, 4) is 5.75 Å². The maximum absolute atomic E-state index is 13.1. The SMILES string of the molecule is COc1ccc(C2c3c(oc4ccccc4c3=O)C(=O)N2CCO)cc1.